The van der Waals surface area contributed by atoms with E-state index in [0.717, 1.165) is 17.2 Å². The highest BCUT2D eigenvalue weighted by Crippen LogP contribution is 2.61. The molecule has 2 aromatic rings. The van der Waals surface area contributed by atoms with Crippen LogP contribution in [0.2, 0.25) is 0 Å². The Morgan fingerprint density at radius 3 is 2.17 bits per heavy atom. The molecule has 21 N–H and O–H groups in total. The molecule has 428 valence electrons. The number of phosphoric acid groups is 3. The van der Waals surface area contributed by atoms with Gasteiger partial charge in [0.15, 0.2) is 24.0 Å². The van der Waals surface area contributed by atoms with E-state index >= 15 is 0 Å². The van der Waals surface area contributed by atoms with E-state index in [1.54, 1.807) is 0 Å². The van der Waals surface area contributed by atoms with Crippen molar-refractivity contribution in [2.45, 2.75) is 125 Å². The monoisotopic (exact) mass is 1160 g/mol. The molecule has 75 heavy (non-hydrogen) atoms. The molecule has 35 nitrogen and oxygen atoms in total. The number of hydrogen-bond acceptors (Lipinski definition) is 27. The van der Waals surface area contributed by atoms with E-state index in [4.69, 9.17) is 46.2 Å². The van der Waals surface area contributed by atoms with Gasteiger partial charge in [0.05, 0.1) is 31.7 Å². The first kappa shape index (κ1) is 62.6. The van der Waals surface area contributed by atoms with Gasteiger partial charge >= 0.3 is 23.5 Å². The molecule has 39 heteroatoms. The van der Waals surface area contributed by atoms with Gasteiger partial charge in [-0.25, -0.2) is 28.6 Å². The van der Waals surface area contributed by atoms with E-state index in [1.807, 2.05) is 0 Å². The van der Waals surface area contributed by atoms with Crippen LogP contribution in [-0.2, 0) is 71.0 Å². The molecule has 3 fully saturated rings. The summed E-state index contributed by atoms with van der Waals surface area (Å²) in [5.74, 6) is -2.58. The molecule has 1 saturated carbocycles. The van der Waals surface area contributed by atoms with Crippen LogP contribution in [0.4, 0.5) is 5.82 Å². The van der Waals surface area contributed by atoms with Crippen molar-refractivity contribution in [2.24, 2.45) is 22.6 Å². The van der Waals surface area contributed by atoms with Crippen LogP contribution in [0.1, 0.15) is 39.3 Å². The van der Waals surface area contributed by atoms with E-state index in [1.165, 1.54) is 13.8 Å². The average Bonchev–Trinajstić information content (AvgIpc) is 3.89. The van der Waals surface area contributed by atoms with E-state index in [-0.39, 0.29) is 67.4 Å². The van der Waals surface area contributed by atoms with E-state index < -0.39 is 162 Å². The number of rotatable bonds is 26. The third-order valence-corrected chi connectivity index (χ3v) is 16.3. The van der Waals surface area contributed by atoms with Crippen LogP contribution in [0.3, 0.4) is 0 Å². The van der Waals surface area contributed by atoms with Crippen LogP contribution >= 0.6 is 23.5 Å². The third-order valence-electron chi connectivity index (χ3n) is 11.9. The molecule has 0 bridgehead atoms. The number of imidazole rings is 1. The fourth-order valence-corrected chi connectivity index (χ4v) is 11.5. The minimum atomic E-state index is -5.64. The van der Waals surface area contributed by atoms with E-state index in [2.05, 4.69) is 39.7 Å². The van der Waals surface area contributed by atoms with Crippen molar-refractivity contribution < 1.29 is 115 Å². The minimum Gasteiger partial charge on any atom is -0.389 e. The van der Waals surface area contributed by atoms with Crippen molar-refractivity contribution in [3.05, 3.63) is 12.7 Å². The highest BCUT2D eigenvalue weighted by molar-refractivity contribution is 7.85. The summed E-state index contributed by atoms with van der Waals surface area (Å²) in [6.07, 6.45) is -17.4. The Bertz CT molecular complexity index is 2470. The van der Waals surface area contributed by atoms with Crippen LogP contribution in [0, 0.1) is 5.41 Å². The van der Waals surface area contributed by atoms with Crippen LogP contribution < -0.4 is 38.9 Å². The van der Waals surface area contributed by atoms with Gasteiger partial charge in [-0.05, 0) is 6.42 Å². The van der Waals surface area contributed by atoms with E-state index in [0.29, 0.717) is 0 Å². The number of aliphatic hydroxyl groups excluding tert-OH is 6. The lowest BCUT2D eigenvalue weighted by Gasteiger charge is -2.45. The van der Waals surface area contributed by atoms with Gasteiger partial charge in [0.2, 0.25) is 17.7 Å². The Morgan fingerprint density at radius 2 is 1.49 bits per heavy atom. The van der Waals surface area contributed by atoms with Crippen LogP contribution in [-0.4, -0.2) is 221 Å². The quantitative estimate of drug-likeness (QED) is 0.0389. The number of fused-ring (bicyclic) bond motifs is 1. The molecule has 3 amide bonds. The number of carbonyl (C=O) groups excluding carboxylic acids is 3. The predicted octanol–water partition coefficient (Wildman–Crippen LogP) is -7.40. The maximum atomic E-state index is 12.8. The highest BCUT2D eigenvalue weighted by Gasteiger charge is 2.51. The molecule has 2 aliphatic heterocycles. The number of hydrogen-bond donors (Lipinski definition) is 17. The molecule has 0 radical (unpaired) electrons. The molecule has 0 spiro atoms. The first-order valence-corrected chi connectivity index (χ1v) is 28.6. The summed E-state index contributed by atoms with van der Waals surface area (Å²) < 4.78 is 86.3. The summed E-state index contributed by atoms with van der Waals surface area (Å²) in [7, 11) is -18.2. The first-order valence-electron chi connectivity index (χ1n) is 22.6. The number of nitrogens with two attached hydrogens (primary N) is 4. The number of nitrogens with one attached hydrogen (secondary N) is 3. The molecule has 3 unspecified atom stereocenters. The summed E-state index contributed by atoms with van der Waals surface area (Å²) in [4.78, 5) is 88.8. The van der Waals surface area contributed by atoms with Gasteiger partial charge in [-0.3, -0.25) is 36.7 Å². The molecular weight excluding hydrogens is 1100 g/mol. The lowest BCUT2D eigenvalue weighted by atomic mass is 9.84. The second kappa shape index (κ2) is 26.2. The molecule has 4 heterocycles. The van der Waals surface area contributed by atoms with Crippen molar-refractivity contribution in [1.29, 1.82) is 0 Å². The van der Waals surface area contributed by atoms with Crippen molar-refractivity contribution in [3.8, 4) is 0 Å². The summed E-state index contributed by atoms with van der Waals surface area (Å²) in [5.41, 5.74) is 21.9. The zero-order valence-corrected chi connectivity index (χ0v) is 43.4. The summed E-state index contributed by atoms with van der Waals surface area (Å²) in [6, 6.07) is -2.95. The van der Waals surface area contributed by atoms with Gasteiger partial charge in [0.1, 0.15) is 66.8 Å². The minimum absolute atomic E-state index is 0.00239. The van der Waals surface area contributed by atoms with Crippen molar-refractivity contribution in [3.63, 3.8) is 0 Å². The number of aromatic nitrogens is 4. The van der Waals surface area contributed by atoms with Gasteiger partial charge in [0, 0.05) is 72.3 Å². The topological polar surface area (TPSA) is 570 Å². The Morgan fingerprint density at radius 1 is 0.827 bits per heavy atom. The van der Waals surface area contributed by atoms with Crippen LogP contribution in [0.25, 0.3) is 11.2 Å². The molecule has 5 rings (SSSR count). The number of anilines is 1. The smallest absolute Gasteiger partial charge is 0.389 e. The summed E-state index contributed by atoms with van der Waals surface area (Å²) in [5, 5.41) is 70.5. The molecule has 2 saturated heterocycles. The Balaban J connectivity index is 0.975. The van der Waals surface area contributed by atoms with Crippen molar-refractivity contribution >= 4 is 69.0 Å². The maximum absolute atomic E-state index is 12.8. The standard InChI is InChI=1S/C36H64N11O24P3S/c1-36(2,12-66-74(62,63)71-73(60,61)65-11-18-29(70-72(57,58)59)27(54)34(67-18)47-14-46-22-31(40)44-13-45-32(22)47)30(55)33(56)42-5-3-19(48)41-6-8-75(64)7-4-20(49)43-10-17-24(51)25(52)21(39)35(68-17)69-28-16(38)9-15(37)23(50)26(28)53/h13-18,21,23-30,34-35,50-55H,3-12,37-39H2,1-2H3,(H,41,48)(H,42,56)(H,43,49)(H,60,61)(H,62,63)(H2,40,44,45)(H2,57,58,59)/t15-,16+,17-,18-,21-,23+,24-,25-,26-,27-,28-,29-,30+,34-,35-,75?/m1/s1. The van der Waals surface area contributed by atoms with Gasteiger partial charge in [-0.1, -0.05) is 13.8 Å². The van der Waals surface area contributed by atoms with Gasteiger partial charge in [-0.2, -0.15) is 4.31 Å². The number of nitrogens with zero attached hydrogens (tertiary/aromatic N) is 4. The Hall–Kier alpha value is -3.20. The molecule has 2 aromatic heterocycles. The zero-order chi connectivity index (χ0) is 56.0. The van der Waals surface area contributed by atoms with Gasteiger partial charge < -0.3 is 103 Å². The third kappa shape index (κ3) is 17.1. The molecule has 0 aromatic carbocycles. The number of ether oxygens (including phenoxy) is 3. The molecule has 18 atom stereocenters. The van der Waals surface area contributed by atoms with Gasteiger partial charge in [-0.15, -0.1) is 0 Å². The molecular formula is C36H64N11O24P3S. The van der Waals surface area contributed by atoms with Gasteiger partial charge in [0.25, 0.3) is 0 Å². The van der Waals surface area contributed by atoms with Crippen LogP contribution in [0.15, 0.2) is 12.7 Å². The fourth-order valence-electron chi connectivity index (χ4n) is 7.72. The normalized spacial score (nSPS) is 32.0. The number of phosphoric ester groups is 3. The van der Waals surface area contributed by atoms with E-state index in [9.17, 15) is 82.5 Å². The summed E-state index contributed by atoms with van der Waals surface area (Å²) >= 11 is 0. The number of amides is 3. The SMILES string of the molecule is CC(C)(COP(=O)(O)OP(=O)(O)OC[C@H]1O[C@@H](n2cnc3c(N)ncnc32)[C@H](O)[C@@H]1OP(=O)(O)O)[C@@H](O)C(=O)NCCC(=O)NCCS(=O)CCC(=O)NC[C@H]1O[C@H](O[C@H]2[C@H](O)[C@@H](O)[C@H](N)C[C@@H]2N)[C@H](N)[C@@H](O)[C@@H]1O. The van der Waals surface area contributed by atoms with Crippen molar-refractivity contribution in [2.75, 3.05) is 50.1 Å². The second-order valence-corrected chi connectivity index (χ2v) is 24.2. The Kier molecular flexibility index (Phi) is 21.9. The number of nitrogen functional groups attached to an aromatic ring is 1. The molecule has 3 aliphatic rings. The first-order chi connectivity index (χ1) is 34.8. The predicted molar refractivity (Wildman–Crippen MR) is 251 cm³/mol. The fraction of sp³-hybridized carbons (Fsp3) is 0.778. The number of aliphatic hydroxyl groups is 6. The zero-order valence-electron chi connectivity index (χ0n) is 39.9. The summed E-state index contributed by atoms with van der Waals surface area (Å²) in [6.45, 7) is -0.520. The maximum Gasteiger partial charge on any atom is 0.481 e. The average molecular weight is 1160 g/mol. The lowest BCUT2D eigenvalue weighted by molar-refractivity contribution is -0.288. The number of carbonyl (C=O) groups is 3. The van der Waals surface area contributed by atoms with Crippen molar-refractivity contribution in [1.82, 2.24) is 35.5 Å². The van der Waals surface area contributed by atoms with Crippen LogP contribution in [0.5, 0.6) is 0 Å². The molecule has 1 aliphatic carbocycles. The lowest BCUT2D eigenvalue weighted by Crippen LogP contribution is -2.67. The highest BCUT2D eigenvalue weighted by atomic mass is 32.2. The largest absolute Gasteiger partial charge is 0.481 e. The second-order valence-electron chi connectivity index (χ2n) is 18.2. The Labute approximate surface area is 428 Å².